The Bertz CT molecular complexity index is 1200. The van der Waals surface area contributed by atoms with Crippen molar-refractivity contribution in [2.45, 2.75) is 33.1 Å². The van der Waals surface area contributed by atoms with Crippen LogP contribution in [0.3, 0.4) is 0 Å². The molecule has 0 saturated carbocycles. The van der Waals surface area contributed by atoms with E-state index in [0.717, 1.165) is 22.5 Å². The van der Waals surface area contributed by atoms with Gasteiger partial charge in [0.2, 0.25) is 0 Å². The van der Waals surface area contributed by atoms with Gasteiger partial charge in [0.15, 0.2) is 0 Å². The van der Waals surface area contributed by atoms with E-state index in [1.807, 2.05) is 0 Å². The Morgan fingerprint density at radius 3 is 2.37 bits per heavy atom. The van der Waals surface area contributed by atoms with Crippen LogP contribution in [0.25, 0.3) is 22.0 Å². The molecule has 4 aromatic rings. The Morgan fingerprint density at radius 1 is 0.867 bits per heavy atom. The molecule has 2 nitrogen and oxygen atoms in total. The van der Waals surface area contributed by atoms with Crippen molar-refractivity contribution in [3.05, 3.63) is 88.1 Å². The van der Waals surface area contributed by atoms with E-state index in [2.05, 4.69) is 84.4 Å². The summed E-state index contributed by atoms with van der Waals surface area (Å²) in [6.45, 7) is 6.66. The normalized spacial score (nSPS) is 14.0. The molecule has 3 heteroatoms. The van der Waals surface area contributed by atoms with Crippen molar-refractivity contribution in [3.8, 4) is 11.1 Å². The number of aryl methyl sites for hydroxylation is 2. The molecular formula is C27H27ClN2. The Labute approximate surface area is 183 Å². The molecule has 0 amide bonds. The molecule has 0 spiro atoms. The zero-order chi connectivity index (χ0) is 20.7. The summed E-state index contributed by atoms with van der Waals surface area (Å²) in [5.41, 5.74) is 9.88. The summed E-state index contributed by atoms with van der Waals surface area (Å²) in [5.74, 6) is 0. The number of fused-ring (bicyclic) bond motifs is 1. The van der Waals surface area contributed by atoms with E-state index in [4.69, 9.17) is 11.6 Å². The van der Waals surface area contributed by atoms with E-state index in [1.54, 1.807) is 0 Å². The van der Waals surface area contributed by atoms with E-state index in [9.17, 15) is 0 Å². The SMILES string of the molecule is Cc1ccc(Cc2cc3cc(-c4ccc(N5CCCC5)cc4)c(Cl)cc3[nH]2)cc1C. The second kappa shape index (κ2) is 7.85. The van der Waals surface area contributed by atoms with Gasteiger partial charge in [0, 0.05) is 47.4 Å². The van der Waals surface area contributed by atoms with Crippen molar-refractivity contribution in [2.75, 3.05) is 18.0 Å². The zero-order valence-corrected chi connectivity index (χ0v) is 18.4. The van der Waals surface area contributed by atoms with Crippen molar-refractivity contribution in [3.63, 3.8) is 0 Å². The molecule has 1 aliphatic rings. The number of aromatic amines is 1. The van der Waals surface area contributed by atoms with Gasteiger partial charge in [0.1, 0.15) is 0 Å². The van der Waals surface area contributed by atoms with Gasteiger partial charge in [-0.1, -0.05) is 41.9 Å². The molecule has 3 aromatic carbocycles. The lowest BCUT2D eigenvalue weighted by molar-refractivity contribution is 0.949. The number of hydrogen-bond donors (Lipinski definition) is 1. The number of halogens is 1. The molecule has 0 atom stereocenters. The molecule has 0 bridgehead atoms. The van der Waals surface area contributed by atoms with Crippen LogP contribution in [0.2, 0.25) is 5.02 Å². The molecule has 0 radical (unpaired) electrons. The average Bonchev–Trinajstić information content (AvgIpc) is 3.40. The number of hydrogen-bond acceptors (Lipinski definition) is 1. The fourth-order valence-corrected chi connectivity index (χ4v) is 4.76. The second-order valence-electron chi connectivity index (χ2n) is 8.55. The highest BCUT2D eigenvalue weighted by Crippen LogP contribution is 2.34. The lowest BCUT2D eigenvalue weighted by atomic mass is 10.0. The zero-order valence-electron chi connectivity index (χ0n) is 17.6. The monoisotopic (exact) mass is 414 g/mol. The molecule has 0 aliphatic carbocycles. The van der Waals surface area contributed by atoms with Crippen molar-refractivity contribution in [1.82, 2.24) is 4.98 Å². The minimum atomic E-state index is 0.788. The Hall–Kier alpha value is -2.71. The van der Waals surface area contributed by atoms with Gasteiger partial charge < -0.3 is 9.88 Å². The fraction of sp³-hybridized carbons (Fsp3) is 0.259. The molecule has 1 fully saturated rings. The minimum Gasteiger partial charge on any atom is -0.372 e. The first-order valence-electron chi connectivity index (χ1n) is 10.8. The summed E-state index contributed by atoms with van der Waals surface area (Å²) in [7, 11) is 0. The predicted molar refractivity (Wildman–Crippen MR) is 129 cm³/mol. The maximum atomic E-state index is 6.68. The number of nitrogens with one attached hydrogen (secondary N) is 1. The van der Waals surface area contributed by atoms with Gasteiger partial charge in [-0.05, 0) is 79.3 Å². The van der Waals surface area contributed by atoms with Crippen molar-refractivity contribution < 1.29 is 0 Å². The molecule has 2 heterocycles. The van der Waals surface area contributed by atoms with Gasteiger partial charge >= 0.3 is 0 Å². The van der Waals surface area contributed by atoms with E-state index in [1.165, 1.54) is 65.0 Å². The Kier molecular flexibility index (Phi) is 5.04. The molecule has 1 aromatic heterocycles. The largest absolute Gasteiger partial charge is 0.372 e. The Morgan fingerprint density at radius 2 is 1.63 bits per heavy atom. The Balaban J connectivity index is 1.43. The molecule has 1 N–H and O–H groups in total. The van der Waals surface area contributed by atoms with Crippen LogP contribution < -0.4 is 4.90 Å². The standard InChI is InChI=1S/C27H27ClN2/c1-18-5-6-20(13-19(18)2)14-23-15-22-16-25(26(28)17-27(22)29-23)21-7-9-24(10-8-21)30-11-3-4-12-30/h5-10,13,15-17,29H,3-4,11-12,14H2,1-2H3. The number of aromatic nitrogens is 1. The minimum absolute atomic E-state index is 0.788. The first kappa shape index (κ1) is 19.3. The van der Waals surface area contributed by atoms with Crippen molar-refractivity contribution >= 4 is 28.2 Å². The van der Waals surface area contributed by atoms with Crippen LogP contribution >= 0.6 is 11.6 Å². The molecular weight excluding hydrogens is 388 g/mol. The summed E-state index contributed by atoms with van der Waals surface area (Å²) in [6, 6.07) is 22.1. The number of nitrogens with zero attached hydrogens (tertiary/aromatic N) is 1. The van der Waals surface area contributed by atoms with Crippen LogP contribution in [0.1, 0.15) is 35.2 Å². The van der Waals surface area contributed by atoms with Gasteiger partial charge in [0.05, 0.1) is 5.02 Å². The van der Waals surface area contributed by atoms with Gasteiger partial charge in [0.25, 0.3) is 0 Å². The highest BCUT2D eigenvalue weighted by molar-refractivity contribution is 6.34. The van der Waals surface area contributed by atoms with Gasteiger partial charge in [-0.3, -0.25) is 0 Å². The number of H-pyrrole nitrogens is 1. The highest BCUT2D eigenvalue weighted by atomic mass is 35.5. The van der Waals surface area contributed by atoms with Crippen LogP contribution in [-0.2, 0) is 6.42 Å². The highest BCUT2D eigenvalue weighted by Gasteiger charge is 2.13. The summed E-state index contributed by atoms with van der Waals surface area (Å²) in [4.78, 5) is 6.01. The van der Waals surface area contributed by atoms with Gasteiger partial charge in [-0.15, -0.1) is 0 Å². The number of benzene rings is 3. The smallest absolute Gasteiger partial charge is 0.0505 e. The van der Waals surface area contributed by atoms with Gasteiger partial charge in [-0.2, -0.15) is 0 Å². The molecule has 1 saturated heterocycles. The van der Waals surface area contributed by atoms with Crippen molar-refractivity contribution in [2.24, 2.45) is 0 Å². The summed E-state index contributed by atoms with van der Waals surface area (Å²) < 4.78 is 0. The van der Waals surface area contributed by atoms with Crippen LogP contribution in [0.5, 0.6) is 0 Å². The lowest BCUT2D eigenvalue weighted by Gasteiger charge is -2.18. The van der Waals surface area contributed by atoms with Crippen LogP contribution in [0, 0.1) is 13.8 Å². The third-order valence-electron chi connectivity index (χ3n) is 6.38. The maximum Gasteiger partial charge on any atom is 0.0505 e. The van der Waals surface area contributed by atoms with E-state index in [-0.39, 0.29) is 0 Å². The predicted octanol–water partition coefficient (Wildman–Crippen LogP) is 7.30. The first-order valence-corrected chi connectivity index (χ1v) is 11.2. The number of anilines is 1. The van der Waals surface area contributed by atoms with E-state index >= 15 is 0 Å². The molecule has 30 heavy (non-hydrogen) atoms. The third-order valence-corrected chi connectivity index (χ3v) is 6.69. The van der Waals surface area contributed by atoms with E-state index in [0.29, 0.717) is 0 Å². The van der Waals surface area contributed by atoms with E-state index < -0.39 is 0 Å². The number of rotatable bonds is 4. The molecule has 152 valence electrons. The second-order valence-corrected chi connectivity index (χ2v) is 8.96. The van der Waals surface area contributed by atoms with Crippen LogP contribution in [0.4, 0.5) is 5.69 Å². The quantitative estimate of drug-likeness (QED) is 0.371. The lowest BCUT2D eigenvalue weighted by Crippen LogP contribution is -2.17. The topological polar surface area (TPSA) is 19.0 Å². The third kappa shape index (κ3) is 3.73. The summed E-state index contributed by atoms with van der Waals surface area (Å²) in [6.07, 6.45) is 3.48. The van der Waals surface area contributed by atoms with Gasteiger partial charge in [-0.25, -0.2) is 0 Å². The average molecular weight is 415 g/mol. The maximum absolute atomic E-state index is 6.68. The van der Waals surface area contributed by atoms with Crippen molar-refractivity contribution in [1.29, 1.82) is 0 Å². The summed E-state index contributed by atoms with van der Waals surface area (Å²) in [5, 5.41) is 1.99. The molecule has 1 aliphatic heterocycles. The summed E-state index contributed by atoms with van der Waals surface area (Å²) >= 11 is 6.68. The van der Waals surface area contributed by atoms with Crippen LogP contribution in [-0.4, -0.2) is 18.1 Å². The fourth-order valence-electron chi connectivity index (χ4n) is 4.49. The first-order chi connectivity index (χ1) is 14.6. The van der Waals surface area contributed by atoms with Crippen LogP contribution in [0.15, 0.2) is 60.7 Å². The molecule has 5 rings (SSSR count). The molecule has 0 unspecified atom stereocenters.